The molecule has 0 radical (unpaired) electrons. The van der Waals surface area contributed by atoms with Crippen LogP contribution in [0.1, 0.15) is 13.8 Å². The van der Waals surface area contributed by atoms with Gasteiger partial charge in [-0.25, -0.2) is 0 Å². The average molecular weight is 308 g/mol. The van der Waals surface area contributed by atoms with Crippen LogP contribution in [0.25, 0.3) is 0 Å². The number of hydrogen-bond acceptors (Lipinski definition) is 4. The van der Waals surface area contributed by atoms with Crippen LogP contribution in [-0.2, 0) is 19.1 Å². The van der Waals surface area contributed by atoms with E-state index in [1.165, 1.54) is 25.9 Å². The van der Waals surface area contributed by atoms with Crippen molar-refractivity contribution in [2.75, 3.05) is 30.5 Å². The largest absolute Gasteiger partial charge is 0.481 e. The number of benzene rings is 1. The molecule has 22 heavy (non-hydrogen) atoms. The Labute approximate surface area is 128 Å². The van der Waals surface area contributed by atoms with Crippen molar-refractivity contribution in [2.24, 2.45) is 5.92 Å². The molecule has 0 aromatic heterocycles. The summed E-state index contributed by atoms with van der Waals surface area (Å²) in [4.78, 5) is 35.6. The van der Waals surface area contributed by atoms with E-state index in [0.29, 0.717) is 11.4 Å². The van der Waals surface area contributed by atoms with Crippen LogP contribution in [-0.4, -0.2) is 43.2 Å². The molecule has 0 aliphatic carbocycles. The van der Waals surface area contributed by atoms with Crippen molar-refractivity contribution in [3.63, 3.8) is 0 Å². The molecule has 0 spiro atoms. The first-order chi connectivity index (χ1) is 10.3. The zero-order valence-corrected chi connectivity index (χ0v) is 12.8. The summed E-state index contributed by atoms with van der Waals surface area (Å²) in [5.74, 6) is -2.31. The van der Waals surface area contributed by atoms with Gasteiger partial charge in [0.15, 0.2) is 0 Å². The molecule has 0 saturated heterocycles. The predicted octanol–water partition coefficient (Wildman–Crippen LogP) is 1.35. The highest BCUT2D eigenvalue weighted by molar-refractivity contribution is 5.96. The monoisotopic (exact) mass is 308 g/mol. The van der Waals surface area contributed by atoms with Gasteiger partial charge in [0.25, 0.3) is 5.91 Å². The van der Waals surface area contributed by atoms with Crippen molar-refractivity contribution < 1.29 is 24.2 Å². The molecule has 1 aromatic carbocycles. The van der Waals surface area contributed by atoms with E-state index in [-0.39, 0.29) is 25.0 Å². The number of hydrogen-bond donors (Lipinski definition) is 2. The summed E-state index contributed by atoms with van der Waals surface area (Å²) < 4.78 is 4.83. The first-order valence-electron chi connectivity index (χ1n) is 6.75. The van der Waals surface area contributed by atoms with Crippen molar-refractivity contribution in [1.29, 1.82) is 0 Å². The summed E-state index contributed by atoms with van der Waals surface area (Å²) in [6.45, 7) is 2.76. The lowest BCUT2D eigenvalue weighted by molar-refractivity contribution is -0.140. The van der Waals surface area contributed by atoms with Gasteiger partial charge in [-0.3, -0.25) is 14.4 Å². The fourth-order valence-corrected chi connectivity index (χ4v) is 1.86. The predicted molar refractivity (Wildman–Crippen MR) is 81.8 cm³/mol. The summed E-state index contributed by atoms with van der Waals surface area (Å²) in [6, 6.07) is 6.65. The molecular weight excluding hydrogens is 288 g/mol. The molecule has 2 N–H and O–H groups in total. The molecule has 0 bridgehead atoms. The molecule has 1 aromatic rings. The number of carboxylic acids is 1. The molecule has 0 aliphatic heterocycles. The van der Waals surface area contributed by atoms with Gasteiger partial charge in [0.05, 0.1) is 5.92 Å². The Balaban J connectivity index is 3.06. The van der Waals surface area contributed by atoms with Gasteiger partial charge in [0.2, 0.25) is 5.91 Å². The van der Waals surface area contributed by atoms with Crippen LogP contribution in [0.2, 0.25) is 0 Å². The first kappa shape index (κ1) is 17.6. The van der Waals surface area contributed by atoms with Crippen LogP contribution >= 0.6 is 0 Å². The van der Waals surface area contributed by atoms with Gasteiger partial charge in [0, 0.05) is 32.0 Å². The number of methoxy groups -OCH3 is 1. The first-order valence-corrected chi connectivity index (χ1v) is 6.75. The van der Waals surface area contributed by atoms with Gasteiger partial charge in [-0.05, 0) is 18.2 Å². The van der Waals surface area contributed by atoms with Crippen LogP contribution < -0.4 is 10.2 Å². The van der Waals surface area contributed by atoms with E-state index in [9.17, 15) is 14.4 Å². The minimum atomic E-state index is -0.992. The van der Waals surface area contributed by atoms with E-state index in [1.807, 2.05) is 0 Å². The number of nitrogens with one attached hydrogen (secondary N) is 1. The number of carbonyl (C=O) groups is 3. The lowest BCUT2D eigenvalue weighted by Gasteiger charge is -2.25. The van der Waals surface area contributed by atoms with Crippen molar-refractivity contribution >= 4 is 29.2 Å². The smallest absolute Gasteiger partial charge is 0.308 e. The van der Waals surface area contributed by atoms with Crippen LogP contribution in [0, 0.1) is 5.92 Å². The average Bonchev–Trinajstić information content (AvgIpc) is 2.44. The lowest BCUT2D eigenvalue weighted by atomic mass is 10.1. The molecule has 0 heterocycles. The number of ether oxygens (including phenoxy) is 1. The quantitative estimate of drug-likeness (QED) is 0.792. The summed E-state index contributed by atoms with van der Waals surface area (Å²) in [7, 11) is 1.39. The normalized spacial score (nSPS) is 11.6. The molecule has 120 valence electrons. The van der Waals surface area contributed by atoms with Crippen LogP contribution in [0.3, 0.4) is 0 Å². The number of carbonyl (C=O) groups excluding carboxylic acids is 2. The maximum Gasteiger partial charge on any atom is 0.308 e. The number of nitrogens with zero attached hydrogens (tertiary/aromatic N) is 1. The van der Waals surface area contributed by atoms with E-state index in [4.69, 9.17) is 9.84 Å². The summed E-state index contributed by atoms with van der Waals surface area (Å²) in [5, 5.41) is 11.7. The van der Waals surface area contributed by atoms with Crippen LogP contribution in [0.4, 0.5) is 11.4 Å². The zero-order chi connectivity index (χ0) is 16.7. The third-order valence-electron chi connectivity index (χ3n) is 2.93. The molecule has 7 nitrogen and oxygen atoms in total. The molecule has 1 unspecified atom stereocenters. The number of rotatable bonds is 7. The van der Waals surface area contributed by atoms with Crippen molar-refractivity contribution in [2.45, 2.75) is 13.8 Å². The maximum atomic E-state index is 12.2. The van der Waals surface area contributed by atoms with E-state index in [0.717, 1.165) is 0 Å². The Kier molecular flexibility index (Phi) is 6.52. The Morgan fingerprint density at radius 3 is 2.59 bits per heavy atom. The van der Waals surface area contributed by atoms with Gasteiger partial charge in [-0.1, -0.05) is 13.0 Å². The van der Waals surface area contributed by atoms with Gasteiger partial charge in [-0.15, -0.1) is 0 Å². The van der Waals surface area contributed by atoms with Gasteiger partial charge < -0.3 is 20.1 Å². The van der Waals surface area contributed by atoms with E-state index < -0.39 is 11.9 Å². The summed E-state index contributed by atoms with van der Waals surface area (Å²) in [6.07, 6.45) is 0. The number of amides is 2. The maximum absolute atomic E-state index is 12.2. The summed E-state index contributed by atoms with van der Waals surface area (Å²) in [5.41, 5.74) is 1.03. The minimum Gasteiger partial charge on any atom is -0.481 e. The highest BCUT2D eigenvalue weighted by Crippen LogP contribution is 2.21. The molecule has 0 fully saturated rings. The highest BCUT2D eigenvalue weighted by atomic mass is 16.5. The molecule has 2 amide bonds. The second-order valence-corrected chi connectivity index (χ2v) is 4.91. The van der Waals surface area contributed by atoms with Crippen LogP contribution in [0.5, 0.6) is 0 Å². The highest BCUT2D eigenvalue weighted by Gasteiger charge is 2.22. The zero-order valence-electron chi connectivity index (χ0n) is 12.8. The van der Waals surface area contributed by atoms with Crippen LogP contribution in [0.15, 0.2) is 24.3 Å². The van der Waals surface area contributed by atoms with Gasteiger partial charge >= 0.3 is 5.97 Å². The molecular formula is C15H20N2O5. The molecule has 0 saturated carbocycles. The number of aliphatic carboxylic acids is 1. The van der Waals surface area contributed by atoms with Gasteiger partial charge in [0.1, 0.15) is 6.61 Å². The minimum absolute atomic E-state index is 0.0149. The third-order valence-corrected chi connectivity index (χ3v) is 2.93. The molecule has 1 rings (SSSR count). The Bertz CT molecular complexity index is 559. The third kappa shape index (κ3) is 5.17. The van der Waals surface area contributed by atoms with E-state index in [2.05, 4.69) is 5.32 Å². The number of anilines is 2. The standard InChI is InChI=1S/C15H20N2O5/c1-10(15(20)21)8-17(14(19)9-22-3)13-6-4-5-12(7-13)16-11(2)18/h4-7,10H,8-9H2,1-3H3,(H,16,18)(H,20,21). The number of carboxylic acid groups (broad SMARTS) is 1. The van der Waals surface area contributed by atoms with Gasteiger partial charge in [-0.2, -0.15) is 0 Å². The second-order valence-electron chi connectivity index (χ2n) is 4.91. The molecule has 7 heteroatoms. The van der Waals surface area contributed by atoms with Crippen molar-refractivity contribution in [3.8, 4) is 0 Å². The molecule has 0 aliphatic rings. The fourth-order valence-electron chi connectivity index (χ4n) is 1.86. The Morgan fingerprint density at radius 1 is 1.36 bits per heavy atom. The van der Waals surface area contributed by atoms with Crippen molar-refractivity contribution in [3.05, 3.63) is 24.3 Å². The summed E-state index contributed by atoms with van der Waals surface area (Å²) >= 11 is 0. The molecule has 1 atom stereocenters. The fraction of sp³-hybridized carbons (Fsp3) is 0.400. The van der Waals surface area contributed by atoms with E-state index in [1.54, 1.807) is 24.3 Å². The SMILES string of the molecule is COCC(=O)N(CC(C)C(=O)O)c1cccc(NC(C)=O)c1. The second kappa shape index (κ2) is 8.14. The Morgan fingerprint density at radius 2 is 2.05 bits per heavy atom. The van der Waals surface area contributed by atoms with E-state index >= 15 is 0 Å². The Hall–Kier alpha value is -2.41. The van der Waals surface area contributed by atoms with Crippen molar-refractivity contribution in [1.82, 2.24) is 0 Å². The topological polar surface area (TPSA) is 95.9 Å². The lowest BCUT2D eigenvalue weighted by Crippen LogP contribution is -2.39.